The lowest BCUT2D eigenvalue weighted by Crippen LogP contribution is -2.54. The zero-order valence-electron chi connectivity index (χ0n) is 16.5. The smallest absolute Gasteiger partial charge is 0.255 e. The Bertz CT molecular complexity index is 868. The van der Waals surface area contributed by atoms with E-state index in [2.05, 4.69) is 10.7 Å². The van der Waals surface area contributed by atoms with Gasteiger partial charge in [0.05, 0.1) is 23.8 Å². The van der Waals surface area contributed by atoms with Crippen LogP contribution in [0.25, 0.3) is 11.1 Å². The summed E-state index contributed by atoms with van der Waals surface area (Å²) in [7, 11) is 0. The van der Waals surface area contributed by atoms with E-state index >= 15 is 0 Å². The molecule has 0 radical (unpaired) electrons. The summed E-state index contributed by atoms with van der Waals surface area (Å²) in [5.41, 5.74) is 6.26. The van der Waals surface area contributed by atoms with Crippen molar-refractivity contribution >= 4 is 17.5 Å². The Morgan fingerprint density at radius 2 is 1.79 bits per heavy atom. The van der Waals surface area contributed by atoms with Gasteiger partial charge in [-0.1, -0.05) is 49.4 Å². The summed E-state index contributed by atoms with van der Waals surface area (Å²) < 4.78 is 0. The minimum atomic E-state index is -0.554. The van der Waals surface area contributed by atoms with Crippen molar-refractivity contribution in [2.45, 2.75) is 45.3 Å². The van der Waals surface area contributed by atoms with Gasteiger partial charge in [-0.05, 0) is 37.5 Å². The highest BCUT2D eigenvalue weighted by atomic mass is 16.3. The summed E-state index contributed by atoms with van der Waals surface area (Å²) in [6, 6.07) is 14.8. The van der Waals surface area contributed by atoms with E-state index in [4.69, 9.17) is 0 Å². The summed E-state index contributed by atoms with van der Waals surface area (Å²) in [5, 5.41) is 14.1. The fraction of sp³-hybridized carbons (Fsp3) is 0.364. The highest BCUT2D eigenvalue weighted by molar-refractivity contribution is 6.06. The molecule has 28 heavy (non-hydrogen) atoms. The van der Waals surface area contributed by atoms with Gasteiger partial charge in [0.15, 0.2) is 0 Å². The van der Waals surface area contributed by atoms with Crippen molar-refractivity contribution < 1.29 is 14.7 Å². The van der Waals surface area contributed by atoms with Gasteiger partial charge in [0.25, 0.3) is 11.8 Å². The molecule has 0 aromatic heterocycles. The number of fused-ring (bicyclic) bond motifs is 3. The van der Waals surface area contributed by atoms with Crippen LogP contribution in [0.5, 0.6) is 0 Å². The quantitative estimate of drug-likeness (QED) is 0.718. The maximum Gasteiger partial charge on any atom is 0.255 e. The SMILES string of the molecule is CC[C@@H](O)CN[C@@H](C)C(=O)NN1C(=O)[C@@H](C)c2ccccc2-c2ccccc21. The Kier molecular flexibility index (Phi) is 6.11. The molecule has 2 aromatic rings. The van der Waals surface area contributed by atoms with E-state index in [1.54, 1.807) is 6.92 Å². The zero-order valence-corrected chi connectivity index (χ0v) is 16.5. The number of rotatable bonds is 6. The number of anilines is 1. The molecular weight excluding hydrogens is 354 g/mol. The number of aliphatic hydroxyl groups excluding tert-OH is 1. The van der Waals surface area contributed by atoms with Gasteiger partial charge in [0.1, 0.15) is 0 Å². The topological polar surface area (TPSA) is 81.7 Å². The molecule has 3 N–H and O–H groups in total. The van der Waals surface area contributed by atoms with Crippen molar-refractivity contribution in [1.29, 1.82) is 0 Å². The maximum absolute atomic E-state index is 13.2. The first-order valence-corrected chi connectivity index (χ1v) is 9.68. The van der Waals surface area contributed by atoms with Crippen molar-refractivity contribution in [2.75, 3.05) is 11.6 Å². The molecule has 0 fully saturated rings. The van der Waals surface area contributed by atoms with Crippen LogP contribution < -0.4 is 15.8 Å². The van der Waals surface area contributed by atoms with Crippen molar-refractivity contribution in [1.82, 2.24) is 10.7 Å². The van der Waals surface area contributed by atoms with Crippen molar-refractivity contribution in [2.24, 2.45) is 0 Å². The number of carbonyl (C=O) groups excluding carboxylic acids is 2. The molecular formula is C22H27N3O3. The molecule has 6 nitrogen and oxygen atoms in total. The molecule has 2 aromatic carbocycles. The number of para-hydroxylation sites is 1. The molecule has 1 aliphatic heterocycles. The second kappa shape index (κ2) is 8.54. The van der Waals surface area contributed by atoms with E-state index in [-0.39, 0.29) is 11.8 Å². The molecule has 2 amide bonds. The first kappa shape index (κ1) is 20.0. The number of hydrogen-bond donors (Lipinski definition) is 3. The van der Waals surface area contributed by atoms with Crippen LogP contribution in [0.4, 0.5) is 5.69 Å². The molecule has 0 spiro atoms. The fourth-order valence-corrected chi connectivity index (χ4v) is 3.33. The molecule has 3 atom stereocenters. The maximum atomic E-state index is 13.2. The van der Waals surface area contributed by atoms with E-state index in [1.165, 1.54) is 5.01 Å². The second-order valence-corrected chi connectivity index (χ2v) is 7.17. The fourth-order valence-electron chi connectivity index (χ4n) is 3.33. The number of hydrogen-bond acceptors (Lipinski definition) is 4. The van der Waals surface area contributed by atoms with E-state index in [0.717, 1.165) is 16.7 Å². The van der Waals surface area contributed by atoms with Gasteiger partial charge < -0.3 is 10.4 Å². The van der Waals surface area contributed by atoms with Gasteiger partial charge in [0, 0.05) is 12.1 Å². The van der Waals surface area contributed by atoms with Crippen LogP contribution in [0.3, 0.4) is 0 Å². The first-order chi connectivity index (χ1) is 13.4. The predicted octanol–water partition coefficient (Wildman–Crippen LogP) is 2.58. The number of amides is 2. The van der Waals surface area contributed by atoms with Crippen LogP contribution >= 0.6 is 0 Å². The number of hydrazine groups is 1. The monoisotopic (exact) mass is 381 g/mol. The molecule has 6 heteroatoms. The lowest BCUT2D eigenvalue weighted by Gasteiger charge is -2.27. The van der Waals surface area contributed by atoms with E-state index in [0.29, 0.717) is 18.7 Å². The molecule has 148 valence electrons. The summed E-state index contributed by atoms with van der Waals surface area (Å²) in [4.78, 5) is 25.9. The average molecular weight is 381 g/mol. The highest BCUT2D eigenvalue weighted by Crippen LogP contribution is 2.39. The third kappa shape index (κ3) is 3.93. The van der Waals surface area contributed by atoms with Crippen LogP contribution in [0.1, 0.15) is 38.7 Å². The Morgan fingerprint density at radius 1 is 1.14 bits per heavy atom. The van der Waals surface area contributed by atoms with Gasteiger partial charge in [-0.2, -0.15) is 0 Å². The van der Waals surface area contributed by atoms with Crippen molar-refractivity contribution in [3.8, 4) is 11.1 Å². The normalized spacial score (nSPS) is 17.9. The van der Waals surface area contributed by atoms with Gasteiger partial charge in [-0.3, -0.25) is 15.0 Å². The number of nitrogens with one attached hydrogen (secondary N) is 2. The third-order valence-electron chi connectivity index (χ3n) is 5.20. The minimum absolute atomic E-state index is 0.188. The Balaban J connectivity index is 1.89. The Labute approximate surface area is 165 Å². The van der Waals surface area contributed by atoms with Crippen LogP contribution in [0.15, 0.2) is 48.5 Å². The molecule has 0 saturated carbocycles. The summed E-state index contributed by atoms with van der Waals surface area (Å²) >= 11 is 0. The van der Waals surface area contributed by atoms with Crippen LogP contribution in [0.2, 0.25) is 0 Å². The number of benzene rings is 2. The van der Waals surface area contributed by atoms with Crippen molar-refractivity contribution in [3.63, 3.8) is 0 Å². The van der Waals surface area contributed by atoms with E-state index in [1.807, 2.05) is 62.4 Å². The summed E-state index contributed by atoms with van der Waals surface area (Å²) in [6.45, 7) is 5.76. The average Bonchev–Trinajstić information content (AvgIpc) is 2.81. The van der Waals surface area contributed by atoms with Crippen LogP contribution in [-0.2, 0) is 9.59 Å². The molecule has 1 aliphatic rings. The number of nitrogens with zero attached hydrogens (tertiary/aromatic N) is 1. The largest absolute Gasteiger partial charge is 0.392 e. The third-order valence-corrected chi connectivity index (χ3v) is 5.20. The lowest BCUT2D eigenvalue weighted by molar-refractivity contribution is -0.127. The van der Waals surface area contributed by atoms with Crippen LogP contribution in [0, 0.1) is 0 Å². The molecule has 0 saturated heterocycles. The van der Waals surface area contributed by atoms with Crippen molar-refractivity contribution in [3.05, 3.63) is 54.1 Å². The van der Waals surface area contributed by atoms with Gasteiger partial charge in [-0.25, -0.2) is 5.01 Å². The number of aliphatic hydroxyl groups is 1. The second-order valence-electron chi connectivity index (χ2n) is 7.17. The Hall–Kier alpha value is -2.70. The molecule has 0 bridgehead atoms. The highest BCUT2D eigenvalue weighted by Gasteiger charge is 2.32. The van der Waals surface area contributed by atoms with Gasteiger partial charge in [-0.15, -0.1) is 0 Å². The van der Waals surface area contributed by atoms with E-state index < -0.39 is 18.1 Å². The molecule has 0 unspecified atom stereocenters. The summed E-state index contributed by atoms with van der Waals surface area (Å²) in [5.74, 6) is -0.912. The Morgan fingerprint density at radius 3 is 2.50 bits per heavy atom. The predicted molar refractivity (Wildman–Crippen MR) is 110 cm³/mol. The first-order valence-electron chi connectivity index (χ1n) is 9.68. The standard InChI is InChI=1S/C22H27N3O3/c1-4-16(26)13-23-15(3)21(27)24-25-20-12-8-7-11-19(20)18-10-6-5-9-17(18)14(2)22(25)28/h5-12,14-16,23,26H,4,13H2,1-3H3,(H,24,27)/t14-,15-,16+/m0/s1. The zero-order chi connectivity index (χ0) is 20.3. The molecule has 3 rings (SSSR count). The van der Waals surface area contributed by atoms with Gasteiger partial charge >= 0.3 is 0 Å². The van der Waals surface area contributed by atoms with Crippen LogP contribution in [-0.4, -0.2) is 35.6 Å². The minimum Gasteiger partial charge on any atom is -0.392 e. The lowest BCUT2D eigenvalue weighted by atomic mass is 9.92. The summed E-state index contributed by atoms with van der Waals surface area (Å²) in [6.07, 6.45) is 0.0973. The molecule has 1 heterocycles. The number of carbonyl (C=O) groups is 2. The van der Waals surface area contributed by atoms with Gasteiger partial charge in [0.2, 0.25) is 0 Å². The van der Waals surface area contributed by atoms with E-state index in [9.17, 15) is 14.7 Å². The molecule has 0 aliphatic carbocycles.